The Bertz CT molecular complexity index is 471. The fourth-order valence-electron chi connectivity index (χ4n) is 1.24. The van der Waals surface area contributed by atoms with Gasteiger partial charge in [0.1, 0.15) is 5.75 Å². The monoisotopic (exact) mass is 252 g/mol. The van der Waals surface area contributed by atoms with Crippen molar-refractivity contribution < 1.29 is 4.74 Å². The fourth-order valence-corrected chi connectivity index (χ4v) is 2.74. The van der Waals surface area contributed by atoms with Gasteiger partial charge in [-0.25, -0.2) is 4.98 Å². The number of thiazole rings is 1. The summed E-state index contributed by atoms with van der Waals surface area (Å²) in [6.07, 6.45) is 0. The maximum atomic E-state index is 5.57. The number of rotatable bonds is 4. The Labute approximate surface area is 103 Å². The number of ether oxygens (including phenoxy) is 1. The maximum absolute atomic E-state index is 5.57. The van der Waals surface area contributed by atoms with Gasteiger partial charge in [0.25, 0.3) is 0 Å². The molecular weight excluding hydrogens is 240 g/mol. The van der Waals surface area contributed by atoms with Crippen LogP contribution in [0, 0.1) is 0 Å². The van der Waals surface area contributed by atoms with Crippen molar-refractivity contribution >= 4 is 28.2 Å². The number of hydrogen-bond acceptors (Lipinski definition) is 5. The largest absolute Gasteiger partial charge is 0.497 e. The van der Waals surface area contributed by atoms with Crippen molar-refractivity contribution in [3.8, 4) is 5.75 Å². The molecule has 5 heteroatoms. The van der Waals surface area contributed by atoms with E-state index in [9.17, 15) is 0 Å². The van der Waals surface area contributed by atoms with E-state index in [1.54, 1.807) is 18.9 Å². The first-order valence-corrected chi connectivity index (χ1v) is 6.61. The highest BCUT2D eigenvalue weighted by Crippen LogP contribution is 2.26. The van der Waals surface area contributed by atoms with Crippen LogP contribution in [-0.4, -0.2) is 12.1 Å². The summed E-state index contributed by atoms with van der Waals surface area (Å²) in [5.74, 6) is 1.71. The van der Waals surface area contributed by atoms with Gasteiger partial charge >= 0.3 is 0 Å². The standard InChI is InChI=1S/C11H12N2OS2/c1-14-9-3-2-4-10(5-9)15-6-8-7-16-11(12)13-8/h2-5,7H,6H2,1H3,(H2,12,13). The van der Waals surface area contributed by atoms with Gasteiger partial charge in [-0.3, -0.25) is 0 Å². The van der Waals surface area contributed by atoms with Crippen LogP contribution in [0.15, 0.2) is 34.5 Å². The Hall–Kier alpha value is -1.20. The summed E-state index contributed by atoms with van der Waals surface area (Å²) in [5, 5.41) is 2.61. The predicted octanol–water partition coefficient (Wildman–Crippen LogP) is 3.03. The summed E-state index contributed by atoms with van der Waals surface area (Å²) in [6, 6.07) is 7.99. The van der Waals surface area contributed by atoms with E-state index in [1.807, 2.05) is 23.6 Å². The third-order valence-corrected chi connectivity index (χ3v) is 3.75. The van der Waals surface area contributed by atoms with Crippen LogP contribution < -0.4 is 10.5 Å². The second-order valence-corrected chi connectivity index (χ2v) is 5.08. The summed E-state index contributed by atoms with van der Waals surface area (Å²) >= 11 is 3.20. The molecule has 0 bridgehead atoms. The van der Waals surface area contributed by atoms with Crippen molar-refractivity contribution in [1.29, 1.82) is 0 Å². The molecule has 0 atom stereocenters. The molecule has 0 amide bonds. The molecule has 16 heavy (non-hydrogen) atoms. The zero-order valence-electron chi connectivity index (χ0n) is 8.84. The first-order valence-electron chi connectivity index (χ1n) is 4.74. The van der Waals surface area contributed by atoms with E-state index in [0.717, 1.165) is 17.2 Å². The molecule has 0 saturated carbocycles. The third-order valence-electron chi connectivity index (χ3n) is 2.00. The fraction of sp³-hybridized carbons (Fsp3) is 0.182. The van der Waals surface area contributed by atoms with Crippen LogP contribution in [0.3, 0.4) is 0 Å². The van der Waals surface area contributed by atoms with E-state index in [1.165, 1.54) is 16.2 Å². The molecule has 0 unspecified atom stereocenters. The van der Waals surface area contributed by atoms with Gasteiger partial charge in [-0.2, -0.15) is 0 Å². The molecule has 0 aliphatic carbocycles. The zero-order valence-corrected chi connectivity index (χ0v) is 10.5. The average molecular weight is 252 g/mol. The summed E-state index contributed by atoms with van der Waals surface area (Å²) in [7, 11) is 1.67. The lowest BCUT2D eigenvalue weighted by molar-refractivity contribution is 0.413. The van der Waals surface area contributed by atoms with Crippen molar-refractivity contribution in [1.82, 2.24) is 4.98 Å². The van der Waals surface area contributed by atoms with Gasteiger partial charge in [-0.15, -0.1) is 23.1 Å². The summed E-state index contributed by atoms with van der Waals surface area (Å²) < 4.78 is 5.16. The first kappa shape index (κ1) is 11.3. The second-order valence-electron chi connectivity index (χ2n) is 3.14. The molecule has 2 aromatic rings. The lowest BCUT2D eigenvalue weighted by atomic mass is 10.3. The number of nitrogens with zero attached hydrogens (tertiary/aromatic N) is 1. The third kappa shape index (κ3) is 2.90. The average Bonchev–Trinajstić information content (AvgIpc) is 2.73. The summed E-state index contributed by atoms with van der Waals surface area (Å²) in [6.45, 7) is 0. The Morgan fingerprint density at radius 1 is 1.50 bits per heavy atom. The molecule has 2 rings (SSSR count). The van der Waals surface area contributed by atoms with Gasteiger partial charge in [0.2, 0.25) is 0 Å². The molecular formula is C11H12N2OS2. The van der Waals surface area contributed by atoms with E-state index >= 15 is 0 Å². The van der Waals surface area contributed by atoms with E-state index in [0.29, 0.717) is 5.13 Å². The predicted molar refractivity (Wildman–Crippen MR) is 69.1 cm³/mol. The number of hydrogen-bond donors (Lipinski definition) is 1. The Morgan fingerprint density at radius 3 is 3.06 bits per heavy atom. The number of nitrogens with two attached hydrogens (primary N) is 1. The van der Waals surface area contributed by atoms with Gasteiger partial charge in [0, 0.05) is 16.0 Å². The van der Waals surface area contributed by atoms with Crippen molar-refractivity contribution in [3.63, 3.8) is 0 Å². The smallest absolute Gasteiger partial charge is 0.180 e. The first-order chi connectivity index (χ1) is 7.78. The number of benzene rings is 1. The quantitative estimate of drug-likeness (QED) is 0.850. The summed E-state index contributed by atoms with van der Waals surface area (Å²) in [4.78, 5) is 5.38. The molecule has 0 aliphatic rings. The lowest BCUT2D eigenvalue weighted by Gasteiger charge is -2.02. The SMILES string of the molecule is COc1cccc(SCc2csc(N)n2)c1. The lowest BCUT2D eigenvalue weighted by Crippen LogP contribution is -1.85. The molecule has 3 nitrogen and oxygen atoms in total. The minimum Gasteiger partial charge on any atom is -0.497 e. The highest BCUT2D eigenvalue weighted by Gasteiger charge is 2.01. The van der Waals surface area contributed by atoms with Gasteiger partial charge in [-0.1, -0.05) is 6.07 Å². The van der Waals surface area contributed by atoms with Crippen molar-refractivity contribution in [2.75, 3.05) is 12.8 Å². The van der Waals surface area contributed by atoms with Gasteiger partial charge in [0.05, 0.1) is 12.8 Å². The zero-order chi connectivity index (χ0) is 11.4. The molecule has 1 aromatic heterocycles. The molecule has 1 heterocycles. The number of anilines is 1. The summed E-state index contributed by atoms with van der Waals surface area (Å²) in [5.41, 5.74) is 6.59. The Morgan fingerprint density at radius 2 is 2.38 bits per heavy atom. The van der Waals surface area contributed by atoms with Crippen LogP contribution in [0.4, 0.5) is 5.13 Å². The van der Waals surface area contributed by atoms with Crippen molar-refractivity contribution in [2.24, 2.45) is 0 Å². The molecule has 0 aliphatic heterocycles. The highest BCUT2D eigenvalue weighted by atomic mass is 32.2. The van der Waals surface area contributed by atoms with Crippen LogP contribution in [0.2, 0.25) is 0 Å². The number of thioether (sulfide) groups is 1. The number of aromatic nitrogens is 1. The Balaban J connectivity index is 1.99. The van der Waals surface area contributed by atoms with Crippen LogP contribution >= 0.6 is 23.1 Å². The number of methoxy groups -OCH3 is 1. The number of nitrogen functional groups attached to an aromatic ring is 1. The van der Waals surface area contributed by atoms with Crippen LogP contribution in [0.25, 0.3) is 0 Å². The van der Waals surface area contributed by atoms with Gasteiger partial charge in [0.15, 0.2) is 5.13 Å². The molecule has 1 aromatic carbocycles. The molecule has 84 valence electrons. The van der Waals surface area contributed by atoms with Crippen molar-refractivity contribution in [2.45, 2.75) is 10.6 Å². The molecule has 0 saturated heterocycles. The van der Waals surface area contributed by atoms with Crippen LogP contribution in [-0.2, 0) is 5.75 Å². The maximum Gasteiger partial charge on any atom is 0.180 e. The van der Waals surface area contributed by atoms with E-state index < -0.39 is 0 Å². The molecule has 0 fully saturated rings. The second kappa shape index (κ2) is 5.23. The van der Waals surface area contributed by atoms with Crippen LogP contribution in [0.5, 0.6) is 5.75 Å². The minimum atomic E-state index is 0.626. The van der Waals surface area contributed by atoms with Crippen LogP contribution in [0.1, 0.15) is 5.69 Å². The van der Waals surface area contributed by atoms with E-state index in [-0.39, 0.29) is 0 Å². The highest BCUT2D eigenvalue weighted by molar-refractivity contribution is 7.98. The van der Waals surface area contributed by atoms with Crippen molar-refractivity contribution in [3.05, 3.63) is 35.3 Å². The Kier molecular flexibility index (Phi) is 3.69. The minimum absolute atomic E-state index is 0.626. The van der Waals surface area contributed by atoms with E-state index in [2.05, 4.69) is 11.1 Å². The molecule has 2 N–H and O–H groups in total. The van der Waals surface area contributed by atoms with Gasteiger partial charge in [-0.05, 0) is 18.2 Å². The van der Waals surface area contributed by atoms with Gasteiger partial charge < -0.3 is 10.5 Å². The molecule has 0 radical (unpaired) electrons. The topological polar surface area (TPSA) is 48.1 Å². The normalized spacial score (nSPS) is 10.3. The van der Waals surface area contributed by atoms with E-state index in [4.69, 9.17) is 10.5 Å². The molecule has 0 spiro atoms.